The molecule has 0 saturated heterocycles. The second-order valence-corrected chi connectivity index (χ2v) is 5.50. The Morgan fingerprint density at radius 2 is 1.79 bits per heavy atom. The van der Waals surface area contributed by atoms with Gasteiger partial charge < -0.3 is 10.1 Å². The van der Waals surface area contributed by atoms with Crippen molar-refractivity contribution >= 4 is 34.4 Å². The summed E-state index contributed by atoms with van der Waals surface area (Å²) in [5.41, 5.74) is 2.88. The number of hydrazine groups is 1. The molecule has 0 aliphatic heterocycles. The van der Waals surface area contributed by atoms with E-state index in [1.165, 1.54) is 24.3 Å². The van der Waals surface area contributed by atoms with Crippen molar-refractivity contribution in [2.75, 3.05) is 10.7 Å². The number of alkyl halides is 5. The van der Waals surface area contributed by atoms with E-state index in [1.807, 2.05) is 0 Å². The summed E-state index contributed by atoms with van der Waals surface area (Å²) in [7, 11) is 0. The molecular weight excluding hydrogens is 411 g/mol. The number of hydrogen-bond acceptors (Lipinski definition) is 5. The third-order valence-corrected chi connectivity index (χ3v) is 3.37. The topological polar surface area (TPSA) is 88.5 Å². The summed E-state index contributed by atoms with van der Waals surface area (Å²) in [4.78, 5) is 10.0. The molecule has 2 aromatic rings. The predicted octanol–water partition coefficient (Wildman–Crippen LogP) is 4.53. The Morgan fingerprint density at radius 3 is 2.32 bits per heavy atom. The molecule has 0 radical (unpaired) electrons. The van der Waals surface area contributed by atoms with E-state index >= 15 is 0 Å². The maximum atomic E-state index is 12.7. The first kappa shape index (κ1) is 21.1. The zero-order valence-electron chi connectivity index (χ0n) is 13.6. The van der Waals surface area contributed by atoms with Gasteiger partial charge in [0.2, 0.25) is 0 Å². The summed E-state index contributed by atoms with van der Waals surface area (Å²) in [6, 6.07) is 7.22. The Bertz CT molecular complexity index is 862. The van der Waals surface area contributed by atoms with Crippen LogP contribution >= 0.6 is 12.2 Å². The van der Waals surface area contributed by atoms with Crippen molar-refractivity contribution in [1.29, 1.82) is 0 Å². The first-order valence-corrected chi connectivity index (χ1v) is 7.70. The highest BCUT2D eigenvalue weighted by molar-refractivity contribution is 7.80. The average molecular weight is 422 g/mol. The SMILES string of the molecule is O=[N+]([O-])c1cc(C(F)(F)F)ccc1NNC(=S)Nc1ccc(OC(F)F)cc1. The smallest absolute Gasteiger partial charge is 0.416 e. The molecule has 0 saturated carbocycles. The number of halogens is 5. The van der Waals surface area contributed by atoms with Crippen LogP contribution in [0.4, 0.5) is 39.0 Å². The van der Waals surface area contributed by atoms with Crippen LogP contribution in [0.15, 0.2) is 42.5 Å². The van der Waals surface area contributed by atoms with E-state index in [2.05, 4.69) is 20.9 Å². The largest absolute Gasteiger partial charge is 0.435 e. The molecule has 0 spiro atoms. The minimum absolute atomic E-state index is 0.0714. The zero-order chi connectivity index (χ0) is 20.9. The molecule has 0 amide bonds. The van der Waals surface area contributed by atoms with Crippen LogP contribution in [0.2, 0.25) is 0 Å². The summed E-state index contributed by atoms with van der Waals surface area (Å²) in [6.07, 6.45) is -4.73. The molecule has 150 valence electrons. The van der Waals surface area contributed by atoms with Crippen molar-refractivity contribution in [3.63, 3.8) is 0 Å². The minimum Gasteiger partial charge on any atom is -0.435 e. The highest BCUT2D eigenvalue weighted by atomic mass is 32.1. The lowest BCUT2D eigenvalue weighted by atomic mass is 10.1. The Kier molecular flexibility index (Phi) is 6.51. The van der Waals surface area contributed by atoms with Gasteiger partial charge in [0.25, 0.3) is 5.69 Å². The number of nitro benzene ring substituents is 1. The second-order valence-electron chi connectivity index (χ2n) is 5.09. The van der Waals surface area contributed by atoms with Gasteiger partial charge in [-0.25, -0.2) is 0 Å². The van der Waals surface area contributed by atoms with Gasteiger partial charge in [-0.05, 0) is 48.6 Å². The lowest BCUT2D eigenvalue weighted by molar-refractivity contribution is -0.384. The van der Waals surface area contributed by atoms with Gasteiger partial charge in [0, 0.05) is 11.8 Å². The predicted molar refractivity (Wildman–Crippen MR) is 94.2 cm³/mol. The molecule has 2 aromatic carbocycles. The number of rotatable bonds is 6. The number of nitrogens with one attached hydrogen (secondary N) is 3. The highest BCUT2D eigenvalue weighted by Crippen LogP contribution is 2.34. The Labute approximate surface area is 159 Å². The van der Waals surface area contributed by atoms with Gasteiger partial charge in [-0.15, -0.1) is 0 Å². The Balaban J connectivity index is 2.01. The molecule has 0 aliphatic rings. The molecule has 2 rings (SSSR count). The van der Waals surface area contributed by atoms with E-state index in [0.29, 0.717) is 17.8 Å². The van der Waals surface area contributed by atoms with Crippen LogP contribution in [-0.2, 0) is 6.18 Å². The van der Waals surface area contributed by atoms with E-state index in [9.17, 15) is 32.1 Å². The van der Waals surface area contributed by atoms with Crippen molar-refractivity contribution in [2.24, 2.45) is 0 Å². The number of nitro groups is 1. The summed E-state index contributed by atoms with van der Waals surface area (Å²) in [5, 5.41) is 13.6. The molecule has 13 heteroatoms. The molecule has 7 nitrogen and oxygen atoms in total. The van der Waals surface area contributed by atoms with Gasteiger partial charge in [0.05, 0.1) is 10.5 Å². The quantitative estimate of drug-likeness (QED) is 0.273. The number of ether oxygens (including phenoxy) is 1. The van der Waals surface area contributed by atoms with Crippen LogP contribution in [0, 0.1) is 10.1 Å². The maximum Gasteiger partial charge on any atom is 0.416 e. The van der Waals surface area contributed by atoms with Crippen molar-refractivity contribution in [1.82, 2.24) is 5.43 Å². The van der Waals surface area contributed by atoms with Crippen LogP contribution in [0.5, 0.6) is 5.75 Å². The van der Waals surface area contributed by atoms with Crippen LogP contribution < -0.4 is 20.9 Å². The number of thiocarbonyl (C=S) groups is 1. The Morgan fingerprint density at radius 1 is 1.14 bits per heavy atom. The van der Waals surface area contributed by atoms with Gasteiger partial charge in [-0.2, -0.15) is 22.0 Å². The normalized spacial score (nSPS) is 11.1. The number of hydrogen-bond donors (Lipinski definition) is 3. The maximum absolute atomic E-state index is 12.7. The first-order valence-electron chi connectivity index (χ1n) is 7.30. The van der Waals surface area contributed by atoms with Crippen LogP contribution in [0.3, 0.4) is 0 Å². The molecule has 0 unspecified atom stereocenters. The number of benzene rings is 2. The molecule has 0 heterocycles. The molecule has 28 heavy (non-hydrogen) atoms. The molecule has 0 bridgehead atoms. The molecule has 3 N–H and O–H groups in total. The van der Waals surface area contributed by atoms with Gasteiger partial charge in [-0.1, -0.05) is 0 Å². The molecule has 0 aromatic heterocycles. The standard InChI is InChI=1S/C15H11F5N4O3S/c16-13(17)27-10-4-2-9(3-5-10)21-14(28)23-22-11-6-1-8(15(18,19)20)7-12(11)24(25)26/h1-7,13,22H,(H2,21,23,28). The highest BCUT2D eigenvalue weighted by Gasteiger charge is 2.33. The summed E-state index contributed by atoms with van der Waals surface area (Å²) >= 11 is 4.95. The molecular formula is C15H11F5N4O3S. The van der Waals surface area contributed by atoms with E-state index < -0.39 is 29.0 Å². The third-order valence-electron chi connectivity index (χ3n) is 3.17. The summed E-state index contributed by atoms with van der Waals surface area (Å²) in [5.74, 6) is -0.0714. The van der Waals surface area contributed by atoms with E-state index in [-0.39, 0.29) is 16.5 Å². The zero-order valence-corrected chi connectivity index (χ0v) is 14.4. The monoisotopic (exact) mass is 422 g/mol. The fraction of sp³-hybridized carbons (Fsp3) is 0.133. The average Bonchev–Trinajstić information content (AvgIpc) is 2.60. The van der Waals surface area contributed by atoms with Gasteiger partial charge in [-0.3, -0.25) is 21.0 Å². The fourth-order valence-electron chi connectivity index (χ4n) is 1.97. The number of anilines is 2. The van der Waals surface area contributed by atoms with Crippen LogP contribution in [0.25, 0.3) is 0 Å². The second kappa shape index (κ2) is 8.65. The summed E-state index contributed by atoms with van der Waals surface area (Å²) in [6.45, 7) is -2.97. The minimum atomic E-state index is -4.73. The van der Waals surface area contributed by atoms with Crippen LogP contribution in [-0.4, -0.2) is 16.6 Å². The molecule has 0 aliphatic carbocycles. The molecule has 0 atom stereocenters. The van der Waals surface area contributed by atoms with Crippen molar-refractivity contribution in [3.8, 4) is 5.75 Å². The first-order chi connectivity index (χ1) is 13.1. The van der Waals surface area contributed by atoms with Gasteiger partial charge in [0.15, 0.2) is 5.11 Å². The van der Waals surface area contributed by atoms with Gasteiger partial charge >= 0.3 is 12.8 Å². The van der Waals surface area contributed by atoms with E-state index in [4.69, 9.17) is 12.2 Å². The van der Waals surface area contributed by atoms with Crippen LogP contribution in [0.1, 0.15) is 5.56 Å². The van der Waals surface area contributed by atoms with Gasteiger partial charge in [0.1, 0.15) is 11.4 Å². The third kappa shape index (κ3) is 5.90. The number of nitrogens with zero attached hydrogens (tertiary/aromatic N) is 1. The fourth-order valence-corrected chi connectivity index (χ4v) is 2.14. The lowest BCUT2D eigenvalue weighted by Gasteiger charge is -2.14. The van der Waals surface area contributed by atoms with Crippen molar-refractivity contribution in [3.05, 3.63) is 58.1 Å². The lowest BCUT2D eigenvalue weighted by Crippen LogP contribution is -2.33. The molecule has 0 fully saturated rings. The Hall–Kier alpha value is -3.22. The summed E-state index contributed by atoms with van der Waals surface area (Å²) < 4.78 is 66.4. The van der Waals surface area contributed by atoms with E-state index in [1.54, 1.807) is 0 Å². The van der Waals surface area contributed by atoms with E-state index in [0.717, 1.165) is 6.07 Å². The van der Waals surface area contributed by atoms with Crippen molar-refractivity contribution in [2.45, 2.75) is 12.8 Å². The van der Waals surface area contributed by atoms with Crippen molar-refractivity contribution < 1.29 is 31.6 Å².